The first-order valence-electron chi connectivity index (χ1n) is 9.96. The molecule has 0 aromatic rings. The molecule has 0 amide bonds. The Balaban J connectivity index is 3.07. The van der Waals surface area contributed by atoms with Crippen molar-refractivity contribution >= 4 is 5.97 Å². The molecule has 0 fully saturated rings. The molecule has 0 aromatic heterocycles. The number of carbonyl (C=O) groups excluding carboxylic acids is 1. The average Bonchev–Trinajstić information content (AvgIpc) is 2.67. The Bertz CT molecular complexity index is 301. The highest BCUT2D eigenvalue weighted by molar-refractivity contribution is 5.69. The van der Waals surface area contributed by atoms with E-state index in [0.717, 1.165) is 25.7 Å². The van der Waals surface area contributed by atoms with E-state index in [1.165, 1.54) is 0 Å². The second-order valence-electron chi connectivity index (χ2n) is 5.82. The van der Waals surface area contributed by atoms with Gasteiger partial charge in [-0.05, 0) is 6.42 Å². The Morgan fingerprint density at radius 1 is 0.630 bits per heavy atom. The van der Waals surface area contributed by atoms with Crippen LogP contribution in [0, 0.1) is 0 Å². The van der Waals surface area contributed by atoms with Crippen molar-refractivity contribution in [3.63, 3.8) is 0 Å². The first kappa shape index (κ1) is 26.2. The molecular formula is C19H38O8. The van der Waals surface area contributed by atoms with Crippen LogP contribution in [-0.4, -0.2) is 90.4 Å². The highest BCUT2D eigenvalue weighted by Gasteiger charge is 2.02. The van der Waals surface area contributed by atoms with E-state index in [2.05, 4.69) is 6.92 Å². The molecule has 1 N–H and O–H groups in total. The van der Waals surface area contributed by atoms with Gasteiger partial charge >= 0.3 is 5.97 Å². The Morgan fingerprint density at radius 3 is 1.52 bits per heavy atom. The van der Waals surface area contributed by atoms with Crippen molar-refractivity contribution in [1.82, 2.24) is 0 Å². The molecule has 8 heteroatoms. The lowest BCUT2D eigenvalue weighted by Gasteiger charge is -2.08. The van der Waals surface area contributed by atoms with Crippen LogP contribution in [-0.2, 0) is 33.2 Å². The smallest absolute Gasteiger partial charge is 0.305 e. The first-order valence-corrected chi connectivity index (χ1v) is 9.96. The van der Waals surface area contributed by atoms with Crippen molar-refractivity contribution in [2.45, 2.75) is 39.0 Å². The zero-order valence-electron chi connectivity index (χ0n) is 16.8. The molecule has 0 heterocycles. The quantitative estimate of drug-likeness (QED) is 0.219. The SMILES string of the molecule is CCCCCCC(=O)OCCOCCOCCOCCOCCOCCO. The Kier molecular flexibility index (Phi) is 22.6. The zero-order valence-corrected chi connectivity index (χ0v) is 16.8. The molecule has 0 aliphatic rings. The predicted molar refractivity (Wildman–Crippen MR) is 101 cm³/mol. The fourth-order valence-corrected chi connectivity index (χ4v) is 2.03. The first-order chi connectivity index (χ1) is 13.3. The maximum absolute atomic E-state index is 11.4. The Hall–Kier alpha value is -0.770. The molecule has 0 aliphatic carbocycles. The van der Waals surface area contributed by atoms with Gasteiger partial charge in [0.15, 0.2) is 0 Å². The lowest BCUT2D eigenvalue weighted by molar-refractivity contribution is -0.145. The monoisotopic (exact) mass is 394 g/mol. The molecule has 0 saturated carbocycles. The summed E-state index contributed by atoms with van der Waals surface area (Å²) >= 11 is 0. The second kappa shape index (κ2) is 23.3. The van der Waals surface area contributed by atoms with Crippen LogP contribution in [0.3, 0.4) is 0 Å². The van der Waals surface area contributed by atoms with Crippen molar-refractivity contribution in [2.24, 2.45) is 0 Å². The molecule has 0 aromatic carbocycles. The van der Waals surface area contributed by atoms with Gasteiger partial charge in [-0.15, -0.1) is 0 Å². The number of esters is 1. The van der Waals surface area contributed by atoms with Crippen LogP contribution in [0.1, 0.15) is 39.0 Å². The van der Waals surface area contributed by atoms with E-state index in [-0.39, 0.29) is 12.6 Å². The lowest BCUT2D eigenvalue weighted by atomic mass is 10.2. The van der Waals surface area contributed by atoms with E-state index in [1.807, 2.05) is 0 Å². The number of unbranched alkanes of at least 4 members (excludes halogenated alkanes) is 3. The third kappa shape index (κ3) is 23.2. The van der Waals surface area contributed by atoms with Gasteiger partial charge in [0.05, 0.1) is 72.7 Å². The summed E-state index contributed by atoms with van der Waals surface area (Å²) in [4.78, 5) is 11.4. The summed E-state index contributed by atoms with van der Waals surface area (Å²) in [5.41, 5.74) is 0. The van der Waals surface area contributed by atoms with Gasteiger partial charge in [0.2, 0.25) is 0 Å². The Morgan fingerprint density at radius 2 is 1.07 bits per heavy atom. The van der Waals surface area contributed by atoms with E-state index >= 15 is 0 Å². The van der Waals surface area contributed by atoms with Crippen molar-refractivity contribution < 1.29 is 38.3 Å². The fourth-order valence-electron chi connectivity index (χ4n) is 2.03. The number of hydrogen-bond donors (Lipinski definition) is 1. The molecule has 27 heavy (non-hydrogen) atoms. The van der Waals surface area contributed by atoms with Gasteiger partial charge in [0, 0.05) is 6.42 Å². The predicted octanol–water partition coefficient (Wildman–Crippen LogP) is 1.58. The highest BCUT2D eigenvalue weighted by Crippen LogP contribution is 2.03. The van der Waals surface area contributed by atoms with Crippen LogP contribution in [0.25, 0.3) is 0 Å². The summed E-state index contributed by atoms with van der Waals surface area (Å²) in [6.45, 7) is 7.10. The van der Waals surface area contributed by atoms with E-state index in [9.17, 15) is 4.79 Å². The lowest BCUT2D eigenvalue weighted by Crippen LogP contribution is -2.15. The number of ether oxygens (including phenoxy) is 6. The molecule has 0 bridgehead atoms. The maximum atomic E-state index is 11.4. The van der Waals surface area contributed by atoms with Gasteiger partial charge in [-0.1, -0.05) is 26.2 Å². The average molecular weight is 395 g/mol. The van der Waals surface area contributed by atoms with Crippen molar-refractivity contribution in [1.29, 1.82) is 0 Å². The van der Waals surface area contributed by atoms with Crippen molar-refractivity contribution in [2.75, 3.05) is 79.3 Å². The van der Waals surface area contributed by atoms with Crippen molar-refractivity contribution in [3.05, 3.63) is 0 Å². The number of rotatable bonds is 22. The van der Waals surface area contributed by atoms with E-state index < -0.39 is 0 Å². The molecule has 0 unspecified atom stereocenters. The van der Waals surface area contributed by atoms with Gasteiger partial charge < -0.3 is 33.5 Å². The minimum Gasteiger partial charge on any atom is -0.463 e. The maximum Gasteiger partial charge on any atom is 0.305 e. The van der Waals surface area contributed by atoms with Crippen LogP contribution >= 0.6 is 0 Å². The minimum absolute atomic E-state index is 0.0286. The van der Waals surface area contributed by atoms with Gasteiger partial charge in [-0.25, -0.2) is 0 Å². The molecule has 0 spiro atoms. The third-order valence-corrected chi connectivity index (χ3v) is 3.45. The van der Waals surface area contributed by atoms with Gasteiger partial charge in [0.1, 0.15) is 6.61 Å². The third-order valence-electron chi connectivity index (χ3n) is 3.45. The van der Waals surface area contributed by atoms with Gasteiger partial charge in [-0.3, -0.25) is 4.79 Å². The highest BCUT2D eigenvalue weighted by atomic mass is 16.6. The van der Waals surface area contributed by atoms with Crippen LogP contribution < -0.4 is 0 Å². The number of carbonyl (C=O) groups is 1. The number of aliphatic hydroxyl groups is 1. The minimum atomic E-state index is -0.148. The van der Waals surface area contributed by atoms with E-state index in [1.54, 1.807) is 0 Å². The molecule has 162 valence electrons. The second-order valence-corrected chi connectivity index (χ2v) is 5.82. The fraction of sp³-hybridized carbons (Fsp3) is 0.947. The standard InChI is InChI=1S/C19H38O8/c1-2-3-4-5-6-19(21)27-18-17-26-16-15-25-14-13-24-12-11-23-10-9-22-8-7-20/h20H,2-18H2,1H3. The van der Waals surface area contributed by atoms with Crippen LogP contribution in [0.4, 0.5) is 0 Å². The zero-order chi connectivity index (χ0) is 19.8. The Labute approximate surface area is 163 Å². The molecule has 0 aliphatic heterocycles. The topological polar surface area (TPSA) is 92.7 Å². The summed E-state index contributed by atoms with van der Waals surface area (Å²) < 4.78 is 31.5. The molecule has 0 atom stereocenters. The van der Waals surface area contributed by atoms with E-state index in [4.69, 9.17) is 33.5 Å². The molecule has 0 radical (unpaired) electrons. The van der Waals surface area contributed by atoms with Crippen LogP contribution in [0.5, 0.6) is 0 Å². The van der Waals surface area contributed by atoms with Crippen LogP contribution in [0.15, 0.2) is 0 Å². The molecule has 0 rings (SSSR count). The number of hydrogen-bond acceptors (Lipinski definition) is 8. The largest absolute Gasteiger partial charge is 0.463 e. The summed E-state index contributed by atoms with van der Waals surface area (Å²) in [7, 11) is 0. The van der Waals surface area contributed by atoms with Crippen LogP contribution in [0.2, 0.25) is 0 Å². The molecule has 8 nitrogen and oxygen atoms in total. The van der Waals surface area contributed by atoms with E-state index in [0.29, 0.717) is 79.1 Å². The number of aliphatic hydroxyl groups excluding tert-OH is 1. The van der Waals surface area contributed by atoms with Crippen molar-refractivity contribution in [3.8, 4) is 0 Å². The van der Waals surface area contributed by atoms with Gasteiger partial charge in [-0.2, -0.15) is 0 Å². The molecule has 0 saturated heterocycles. The summed E-state index contributed by atoms with van der Waals surface area (Å²) in [6.07, 6.45) is 4.79. The summed E-state index contributed by atoms with van der Waals surface area (Å²) in [5, 5.41) is 8.52. The van der Waals surface area contributed by atoms with Gasteiger partial charge in [0.25, 0.3) is 0 Å². The summed E-state index contributed by atoms with van der Waals surface area (Å²) in [6, 6.07) is 0. The molecular weight excluding hydrogens is 356 g/mol. The normalized spacial score (nSPS) is 11.0. The summed E-state index contributed by atoms with van der Waals surface area (Å²) in [5.74, 6) is -0.148.